The van der Waals surface area contributed by atoms with Crippen LogP contribution in [0.2, 0.25) is 0 Å². The van der Waals surface area contributed by atoms with Crippen molar-refractivity contribution in [2.45, 2.75) is 65.5 Å². The first-order valence-electron chi connectivity index (χ1n) is 13.3. The molecule has 0 radical (unpaired) electrons. The first-order chi connectivity index (χ1) is 18.8. The summed E-state index contributed by atoms with van der Waals surface area (Å²) in [6.45, 7) is 7.95. The zero-order valence-electron chi connectivity index (χ0n) is 23.0. The molecule has 5 rings (SSSR count). The molecule has 2 aromatic heterocycles. The van der Waals surface area contributed by atoms with Gasteiger partial charge in [0.1, 0.15) is 11.7 Å². The fourth-order valence-electron chi connectivity index (χ4n) is 5.27. The Morgan fingerprint density at radius 3 is 2.08 bits per heavy atom. The Morgan fingerprint density at radius 2 is 1.60 bits per heavy atom. The van der Waals surface area contributed by atoms with Crippen LogP contribution in [0.1, 0.15) is 67.4 Å². The van der Waals surface area contributed by atoms with E-state index in [1.54, 1.807) is 16.9 Å². The Labute approximate surface area is 233 Å². The molecule has 0 spiro atoms. The summed E-state index contributed by atoms with van der Waals surface area (Å²) < 4.78 is 33.3. The molecule has 2 saturated carbocycles. The molecule has 0 bridgehead atoms. The molecule has 1 atom stereocenters. The fraction of sp³-hybridized carbons (Fsp3) is 0.481. The number of anilines is 1. The fourth-order valence-corrected chi connectivity index (χ4v) is 5.27. The van der Waals surface area contributed by atoms with Crippen molar-refractivity contribution < 1.29 is 27.1 Å². The third-order valence-corrected chi connectivity index (χ3v) is 7.25. The molecule has 1 unspecified atom stereocenters. The lowest BCUT2D eigenvalue weighted by Gasteiger charge is -2.28. The molecule has 1 aromatic carbocycles. The lowest BCUT2D eigenvalue weighted by atomic mass is 9.88. The van der Waals surface area contributed by atoms with Gasteiger partial charge in [0.15, 0.2) is 0 Å². The van der Waals surface area contributed by atoms with Gasteiger partial charge in [0.2, 0.25) is 5.91 Å². The number of hydrogen-bond donors (Lipinski definition) is 5. The number of aromatic nitrogens is 4. The quantitative estimate of drug-likeness (QED) is 0.239. The van der Waals surface area contributed by atoms with E-state index in [9.17, 15) is 9.59 Å². The average Bonchev–Trinajstić information content (AvgIpc) is 3.80. The van der Waals surface area contributed by atoms with Gasteiger partial charge in [0, 0.05) is 29.2 Å². The van der Waals surface area contributed by atoms with E-state index in [4.69, 9.17) is 17.5 Å². The summed E-state index contributed by atoms with van der Waals surface area (Å²) in [7, 11) is -4.67. The standard InChI is InChI=1S/C27H34N6O2.H2O4S/c1-15(2)33-22(13-14-28-33)26(34)30-25(24(19-5-6-19)20-7-8-20)27(35)29-21-11-9-18(10-12-21)23-16(3)31-32-17(23)4;1-5(2,3)4/h9-15,19-20,24-25H,5-8H2,1-4H3,(H,29,35)(H,30,34)(H,31,32);(H2,1,2,3,4). The highest BCUT2D eigenvalue weighted by Crippen LogP contribution is 2.51. The van der Waals surface area contributed by atoms with Crippen LogP contribution in [-0.4, -0.2) is 55.4 Å². The maximum Gasteiger partial charge on any atom is 0.394 e. The van der Waals surface area contributed by atoms with Gasteiger partial charge in [-0.05, 0) is 94.9 Å². The van der Waals surface area contributed by atoms with E-state index in [1.165, 1.54) is 0 Å². The van der Waals surface area contributed by atoms with E-state index in [2.05, 4.69) is 25.9 Å². The molecule has 2 heterocycles. The van der Waals surface area contributed by atoms with Crippen molar-refractivity contribution in [3.8, 4) is 11.1 Å². The molecule has 12 nitrogen and oxygen atoms in total. The van der Waals surface area contributed by atoms with Crippen LogP contribution in [0.15, 0.2) is 36.5 Å². The summed E-state index contributed by atoms with van der Waals surface area (Å²) in [5.41, 5.74) is 5.29. The number of benzene rings is 1. The Bertz CT molecular complexity index is 1420. The van der Waals surface area contributed by atoms with Gasteiger partial charge < -0.3 is 10.6 Å². The monoisotopic (exact) mass is 572 g/mol. The predicted octanol–water partition coefficient (Wildman–Crippen LogP) is 3.99. The number of carbonyl (C=O) groups excluding carboxylic acids is 2. The Hall–Kier alpha value is -3.55. The van der Waals surface area contributed by atoms with E-state index in [-0.39, 0.29) is 23.8 Å². The lowest BCUT2D eigenvalue weighted by Crippen LogP contribution is -2.50. The first-order valence-corrected chi connectivity index (χ1v) is 14.7. The van der Waals surface area contributed by atoms with E-state index >= 15 is 0 Å². The van der Waals surface area contributed by atoms with Crippen molar-refractivity contribution in [1.29, 1.82) is 0 Å². The summed E-state index contributed by atoms with van der Waals surface area (Å²) in [4.78, 5) is 26.9. The molecule has 5 N–H and O–H groups in total. The maximum atomic E-state index is 13.6. The van der Waals surface area contributed by atoms with Crippen LogP contribution in [0.3, 0.4) is 0 Å². The van der Waals surface area contributed by atoms with Crippen molar-refractivity contribution in [2.75, 3.05) is 5.32 Å². The second-order valence-electron chi connectivity index (χ2n) is 10.8. The van der Waals surface area contributed by atoms with Gasteiger partial charge in [-0.25, -0.2) is 0 Å². The van der Waals surface area contributed by atoms with Crippen LogP contribution in [0.4, 0.5) is 5.69 Å². The molecular weight excluding hydrogens is 536 g/mol. The minimum Gasteiger partial charge on any atom is -0.339 e. The van der Waals surface area contributed by atoms with Gasteiger partial charge in [-0.15, -0.1) is 0 Å². The highest BCUT2D eigenvalue weighted by atomic mass is 32.3. The smallest absolute Gasteiger partial charge is 0.339 e. The van der Waals surface area contributed by atoms with Crippen molar-refractivity contribution >= 4 is 27.9 Å². The number of H-pyrrole nitrogens is 1. The molecule has 2 amide bonds. The second kappa shape index (κ2) is 11.9. The molecular formula is C27H36N6O6S. The largest absolute Gasteiger partial charge is 0.394 e. The zero-order valence-corrected chi connectivity index (χ0v) is 23.8. The number of amides is 2. The minimum atomic E-state index is -4.67. The van der Waals surface area contributed by atoms with Crippen LogP contribution in [0.25, 0.3) is 11.1 Å². The molecule has 13 heteroatoms. The van der Waals surface area contributed by atoms with Crippen molar-refractivity contribution in [2.24, 2.45) is 17.8 Å². The van der Waals surface area contributed by atoms with Crippen molar-refractivity contribution in [1.82, 2.24) is 25.3 Å². The summed E-state index contributed by atoms with van der Waals surface area (Å²) in [5, 5.41) is 17.8. The van der Waals surface area contributed by atoms with Crippen LogP contribution < -0.4 is 10.6 Å². The summed E-state index contributed by atoms with van der Waals surface area (Å²) in [6, 6.07) is 9.01. The number of carbonyl (C=O) groups is 2. The van der Waals surface area contributed by atoms with E-state index < -0.39 is 16.4 Å². The second-order valence-corrected chi connectivity index (χ2v) is 11.7. The van der Waals surface area contributed by atoms with Crippen LogP contribution in [0, 0.1) is 31.6 Å². The molecule has 0 saturated heterocycles. The van der Waals surface area contributed by atoms with Crippen LogP contribution in [0.5, 0.6) is 0 Å². The molecule has 2 aliphatic carbocycles. The number of nitrogens with zero attached hydrogens (tertiary/aromatic N) is 3. The van der Waals surface area contributed by atoms with Crippen molar-refractivity contribution in [3.05, 3.63) is 53.6 Å². The molecule has 40 heavy (non-hydrogen) atoms. The van der Waals surface area contributed by atoms with Crippen molar-refractivity contribution in [3.63, 3.8) is 0 Å². The number of aromatic amines is 1. The number of hydrogen-bond acceptors (Lipinski definition) is 6. The average molecular weight is 573 g/mol. The normalized spacial score (nSPS) is 15.9. The highest BCUT2D eigenvalue weighted by molar-refractivity contribution is 7.79. The van der Waals surface area contributed by atoms with E-state index in [0.717, 1.165) is 53.9 Å². The third kappa shape index (κ3) is 7.55. The molecule has 3 aromatic rings. The summed E-state index contributed by atoms with van der Waals surface area (Å²) in [6.07, 6.45) is 6.14. The lowest BCUT2D eigenvalue weighted by molar-refractivity contribution is -0.119. The topological polar surface area (TPSA) is 179 Å². The molecule has 216 valence electrons. The number of aryl methyl sites for hydroxylation is 2. The van der Waals surface area contributed by atoms with Gasteiger partial charge in [0.25, 0.3) is 5.91 Å². The van der Waals surface area contributed by atoms with Crippen LogP contribution in [-0.2, 0) is 15.2 Å². The van der Waals surface area contributed by atoms with Gasteiger partial charge in [-0.2, -0.15) is 18.6 Å². The highest BCUT2D eigenvalue weighted by Gasteiger charge is 2.48. The molecule has 2 fully saturated rings. The molecule has 2 aliphatic rings. The summed E-state index contributed by atoms with van der Waals surface area (Å²) >= 11 is 0. The van der Waals surface area contributed by atoms with Gasteiger partial charge >= 0.3 is 10.4 Å². The number of nitrogens with one attached hydrogen (secondary N) is 3. The minimum absolute atomic E-state index is 0.0571. The maximum absolute atomic E-state index is 13.6. The third-order valence-electron chi connectivity index (χ3n) is 7.25. The number of rotatable bonds is 9. The predicted molar refractivity (Wildman–Crippen MR) is 149 cm³/mol. The summed E-state index contributed by atoms with van der Waals surface area (Å²) in [5.74, 6) is 0.779. The van der Waals surface area contributed by atoms with Gasteiger partial charge in [0.05, 0.1) is 5.69 Å². The Balaban J connectivity index is 0.000000681. The van der Waals surface area contributed by atoms with E-state index in [0.29, 0.717) is 17.5 Å². The molecule has 0 aliphatic heterocycles. The first kappa shape index (κ1) is 29.4. The van der Waals surface area contributed by atoms with Gasteiger partial charge in [-0.3, -0.25) is 28.5 Å². The Morgan fingerprint density at radius 1 is 1.02 bits per heavy atom. The SMILES string of the molecule is Cc1n[nH]c(C)c1-c1ccc(NC(=O)C(NC(=O)c2ccnn2C(C)C)C(C2CC2)C2CC2)cc1.O=S(=O)(O)O. The zero-order chi connectivity index (χ0) is 29.2. The Kier molecular flexibility index (Phi) is 8.76. The van der Waals surface area contributed by atoms with E-state index in [1.807, 2.05) is 52.0 Å². The van der Waals surface area contributed by atoms with Crippen LogP contribution >= 0.6 is 0 Å². The van der Waals surface area contributed by atoms with Gasteiger partial charge in [-0.1, -0.05) is 12.1 Å².